The van der Waals surface area contributed by atoms with Gasteiger partial charge in [-0.2, -0.15) is 0 Å². The Morgan fingerprint density at radius 3 is 2.76 bits per heavy atom. The molecule has 0 fully saturated rings. The second-order valence-corrected chi connectivity index (χ2v) is 4.18. The number of rotatable bonds is 7. The van der Waals surface area contributed by atoms with Crippen LogP contribution in [0.3, 0.4) is 0 Å². The third-order valence-corrected chi connectivity index (χ3v) is 2.47. The van der Waals surface area contributed by atoms with E-state index in [-0.39, 0.29) is 11.0 Å². The Morgan fingerprint density at radius 2 is 2.29 bits per heavy atom. The quantitative estimate of drug-likeness (QED) is 0.715. The number of methoxy groups -OCH3 is 1. The highest BCUT2D eigenvalue weighted by molar-refractivity contribution is 7.80. The molecule has 1 atom stereocenters. The van der Waals surface area contributed by atoms with Crippen LogP contribution in [0, 0.1) is 0 Å². The maximum atomic E-state index is 5.45. The lowest BCUT2D eigenvalue weighted by molar-refractivity contribution is 0.182. The topological polar surface area (TPSA) is 73.1 Å². The van der Waals surface area contributed by atoms with Crippen molar-refractivity contribution in [3.63, 3.8) is 0 Å². The predicted molar refractivity (Wildman–Crippen MR) is 72.1 cm³/mol. The van der Waals surface area contributed by atoms with Gasteiger partial charge in [-0.15, -0.1) is 0 Å². The van der Waals surface area contributed by atoms with E-state index in [1.54, 1.807) is 19.5 Å². The molecule has 0 aromatic carbocycles. The number of hydrogen-bond donors (Lipinski definition) is 2. The van der Waals surface area contributed by atoms with Crippen molar-refractivity contribution >= 4 is 23.0 Å². The first-order valence-corrected chi connectivity index (χ1v) is 5.95. The number of nitrogens with two attached hydrogens (primary N) is 1. The standard InChI is InChI=1S/C11H18N4OS/c1-3-4-8(7-16-2)15-10-6-13-9(5-14-10)11(12)17/h5-6,8H,3-4,7H2,1-2H3,(H2,12,17)(H,14,15). The van der Waals surface area contributed by atoms with Crippen molar-refractivity contribution in [2.45, 2.75) is 25.8 Å². The first-order valence-electron chi connectivity index (χ1n) is 5.54. The van der Waals surface area contributed by atoms with Crippen LogP contribution in [0.4, 0.5) is 5.82 Å². The number of hydrogen-bond acceptors (Lipinski definition) is 5. The van der Waals surface area contributed by atoms with Crippen LogP contribution in [-0.2, 0) is 4.74 Å². The Balaban J connectivity index is 2.62. The number of nitrogens with one attached hydrogen (secondary N) is 1. The van der Waals surface area contributed by atoms with E-state index >= 15 is 0 Å². The molecule has 0 aliphatic heterocycles. The van der Waals surface area contributed by atoms with Crippen LogP contribution < -0.4 is 11.1 Å². The molecule has 0 aliphatic carbocycles. The largest absolute Gasteiger partial charge is 0.388 e. The summed E-state index contributed by atoms with van der Waals surface area (Å²) in [6, 6.07) is 0.245. The smallest absolute Gasteiger partial charge is 0.144 e. The van der Waals surface area contributed by atoms with Gasteiger partial charge in [0.05, 0.1) is 25.0 Å². The first kappa shape index (κ1) is 13.8. The fourth-order valence-corrected chi connectivity index (χ4v) is 1.59. The molecule has 1 unspecified atom stereocenters. The average Bonchev–Trinajstić information content (AvgIpc) is 2.30. The van der Waals surface area contributed by atoms with Gasteiger partial charge >= 0.3 is 0 Å². The van der Waals surface area contributed by atoms with Gasteiger partial charge in [0, 0.05) is 7.11 Å². The maximum absolute atomic E-state index is 5.45. The zero-order valence-electron chi connectivity index (χ0n) is 10.1. The van der Waals surface area contributed by atoms with Gasteiger partial charge in [-0.25, -0.2) is 9.97 Å². The Bertz CT molecular complexity index is 349. The Morgan fingerprint density at radius 1 is 1.53 bits per heavy atom. The summed E-state index contributed by atoms with van der Waals surface area (Å²) in [7, 11) is 1.69. The molecule has 17 heavy (non-hydrogen) atoms. The number of thiocarbonyl (C=S) groups is 1. The molecule has 6 heteroatoms. The van der Waals surface area contributed by atoms with Crippen LogP contribution in [0.2, 0.25) is 0 Å². The van der Waals surface area contributed by atoms with Crippen molar-refractivity contribution in [1.29, 1.82) is 0 Å². The van der Waals surface area contributed by atoms with Crippen molar-refractivity contribution in [3.05, 3.63) is 18.1 Å². The van der Waals surface area contributed by atoms with Gasteiger partial charge < -0.3 is 15.8 Å². The van der Waals surface area contributed by atoms with Gasteiger partial charge in [-0.05, 0) is 6.42 Å². The van der Waals surface area contributed by atoms with E-state index in [0.717, 1.165) is 12.8 Å². The molecule has 0 spiro atoms. The van der Waals surface area contributed by atoms with Gasteiger partial charge in [0.25, 0.3) is 0 Å². The molecule has 1 aromatic rings. The summed E-state index contributed by atoms with van der Waals surface area (Å²) >= 11 is 4.81. The van der Waals surface area contributed by atoms with E-state index in [2.05, 4.69) is 22.2 Å². The lowest BCUT2D eigenvalue weighted by Gasteiger charge is -2.17. The fourth-order valence-electron chi connectivity index (χ4n) is 1.49. The van der Waals surface area contributed by atoms with E-state index in [0.29, 0.717) is 18.1 Å². The second kappa shape index (κ2) is 7.13. The molecule has 0 saturated heterocycles. The summed E-state index contributed by atoms with van der Waals surface area (Å²) in [4.78, 5) is 8.58. The molecular formula is C11H18N4OS. The lowest BCUT2D eigenvalue weighted by atomic mass is 10.2. The average molecular weight is 254 g/mol. The number of anilines is 1. The minimum Gasteiger partial charge on any atom is -0.388 e. The molecule has 3 N–H and O–H groups in total. The summed E-state index contributed by atoms with van der Waals surface area (Å²) < 4.78 is 5.14. The third-order valence-electron chi connectivity index (χ3n) is 2.26. The highest BCUT2D eigenvalue weighted by atomic mass is 32.1. The van der Waals surface area contributed by atoms with Gasteiger partial charge in [-0.1, -0.05) is 25.6 Å². The summed E-state index contributed by atoms with van der Waals surface area (Å²) in [5, 5.41) is 3.26. The van der Waals surface area contributed by atoms with E-state index in [1.807, 2.05) is 0 Å². The van der Waals surface area contributed by atoms with Crippen LogP contribution in [0.25, 0.3) is 0 Å². The minimum absolute atomic E-state index is 0.245. The zero-order valence-corrected chi connectivity index (χ0v) is 11.0. The molecule has 1 heterocycles. The Labute approximate surface area is 107 Å². The molecule has 0 aliphatic rings. The molecule has 0 saturated carbocycles. The molecule has 1 aromatic heterocycles. The minimum atomic E-state index is 0.245. The highest BCUT2D eigenvalue weighted by Crippen LogP contribution is 2.07. The number of ether oxygens (including phenoxy) is 1. The summed E-state index contributed by atoms with van der Waals surface area (Å²) in [6.07, 6.45) is 5.30. The second-order valence-electron chi connectivity index (χ2n) is 3.74. The summed E-state index contributed by atoms with van der Waals surface area (Å²) in [5.41, 5.74) is 5.98. The molecule has 0 bridgehead atoms. The molecular weight excluding hydrogens is 236 g/mol. The summed E-state index contributed by atoms with van der Waals surface area (Å²) in [5.74, 6) is 0.709. The lowest BCUT2D eigenvalue weighted by Crippen LogP contribution is -2.25. The van der Waals surface area contributed by atoms with Crippen molar-refractivity contribution in [3.8, 4) is 0 Å². The van der Waals surface area contributed by atoms with E-state index < -0.39 is 0 Å². The molecule has 94 valence electrons. The molecule has 0 amide bonds. The van der Waals surface area contributed by atoms with Crippen molar-refractivity contribution in [1.82, 2.24) is 9.97 Å². The zero-order chi connectivity index (χ0) is 12.7. The van der Waals surface area contributed by atoms with Crippen molar-refractivity contribution in [2.75, 3.05) is 19.0 Å². The van der Waals surface area contributed by atoms with Gasteiger partial charge in [0.1, 0.15) is 16.5 Å². The van der Waals surface area contributed by atoms with Gasteiger partial charge in [0.2, 0.25) is 0 Å². The maximum Gasteiger partial charge on any atom is 0.144 e. The van der Waals surface area contributed by atoms with Gasteiger partial charge in [0.15, 0.2) is 0 Å². The van der Waals surface area contributed by atoms with Gasteiger partial charge in [-0.3, -0.25) is 0 Å². The molecule has 1 rings (SSSR count). The monoisotopic (exact) mass is 254 g/mol. The number of nitrogens with zero attached hydrogens (tertiary/aromatic N) is 2. The van der Waals surface area contributed by atoms with Crippen LogP contribution in [-0.4, -0.2) is 34.7 Å². The Hall–Kier alpha value is -1.27. The fraction of sp³-hybridized carbons (Fsp3) is 0.545. The van der Waals surface area contributed by atoms with E-state index in [1.165, 1.54) is 0 Å². The summed E-state index contributed by atoms with van der Waals surface area (Å²) in [6.45, 7) is 2.78. The van der Waals surface area contributed by atoms with E-state index in [9.17, 15) is 0 Å². The third kappa shape index (κ3) is 4.62. The van der Waals surface area contributed by atoms with Crippen molar-refractivity contribution in [2.24, 2.45) is 5.73 Å². The molecule has 5 nitrogen and oxygen atoms in total. The van der Waals surface area contributed by atoms with Crippen molar-refractivity contribution < 1.29 is 4.74 Å². The van der Waals surface area contributed by atoms with E-state index in [4.69, 9.17) is 22.7 Å². The predicted octanol–water partition coefficient (Wildman–Crippen LogP) is 1.34. The van der Waals surface area contributed by atoms with Crippen LogP contribution in [0.1, 0.15) is 25.5 Å². The normalized spacial score (nSPS) is 12.1. The highest BCUT2D eigenvalue weighted by Gasteiger charge is 2.08. The Kier molecular flexibility index (Phi) is 5.79. The van der Waals surface area contributed by atoms with Crippen LogP contribution >= 0.6 is 12.2 Å². The molecule has 0 radical (unpaired) electrons. The first-order chi connectivity index (χ1) is 8.17. The SMILES string of the molecule is CCCC(COC)Nc1cnc(C(N)=S)cn1. The van der Waals surface area contributed by atoms with Crippen LogP contribution in [0.5, 0.6) is 0 Å². The van der Waals surface area contributed by atoms with Crippen LogP contribution in [0.15, 0.2) is 12.4 Å². The number of aromatic nitrogens is 2.